The molecule has 8 aliphatic rings. The molecule has 2 heterocycles. The highest BCUT2D eigenvalue weighted by Crippen LogP contribution is 2.89. The van der Waals surface area contributed by atoms with E-state index in [-0.39, 0.29) is 64.7 Å². The number of amides is 1. The fourth-order valence-electron chi connectivity index (χ4n) is 13.8. The fraction of sp³-hybridized carbons (Fsp3) is 0.947. The molecule has 6 saturated carbocycles. The summed E-state index contributed by atoms with van der Waals surface area (Å²) in [6.07, 6.45) is 10.1. The van der Waals surface area contributed by atoms with Crippen molar-refractivity contribution < 1.29 is 38.4 Å². The van der Waals surface area contributed by atoms with Gasteiger partial charge in [-0.1, -0.05) is 34.6 Å². The number of carbonyl (C=O) groups excluding carboxylic acids is 2. The van der Waals surface area contributed by atoms with Crippen LogP contribution in [0.5, 0.6) is 0 Å². The number of hydrogen-bond acceptors (Lipinski definition) is 8. The Balaban J connectivity index is 0.987. The topological polar surface area (TPSA) is 104 Å². The van der Waals surface area contributed by atoms with Gasteiger partial charge in [0.2, 0.25) is 5.91 Å². The predicted octanol–water partition coefficient (Wildman–Crippen LogP) is 5.95. The minimum absolute atomic E-state index is 0.00476. The SMILES string of the molecule is COC(=O)OCC1C[C@@H](C)[C@H]2C(O1)[C@H](O)[C@@]1(C)C3CC[C@H]4C(C)(C)C(O[C@H]5CN(C(=O)CC6CC6)CCO5)CC[C@@]45C[C@@]35CC[C@]21C. The summed E-state index contributed by atoms with van der Waals surface area (Å²) >= 11 is 0. The van der Waals surface area contributed by atoms with Crippen molar-refractivity contribution in [3.63, 3.8) is 0 Å². The zero-order valence-corrected chi connectivity index (χ0v) is 29.6. The largest absolute Gasteiger partial charge is 0.508 e. The first-order valence-corrected chi connectivity index (χ1v) is 18.9. The van der Waals surface area contributed by atoms with E-state index in [2.05, 4.69) is 34.6 Å². The quantitative estimate of drug-likeness (QED) is 0.350. The number of nitrogens with zero attached hydrogens (tertiary/aromatic N) is 1. The molecule has 9 nitrogen and oxygen atoms in total. The normalized spacial score (nSPS) is 51.0. The van der Waals surface area contributed by atoms with Crippen LogP contribution >= 0.6 is 0 Å². The molecule has 0 radical (unpaired) electrons. The van der Waals surface area contributed by atoms with Gasteiger partial charge in [-0.05, 0) is 115 Å². The van der Waals surface area contributed by atoms with Crippen LogP contribution in [0.25, 0.3) is 0 Å². The maximum absolute atomic E-state index is 12.9. The second kappa shape index (κ2) is 11.0. The van der Waals surface area contributed by atoms with E-state index >= 15 is 0 Å². The van der Waals surface area contributed by atoms with E-state index in [1.807, 2.05) is 4.90 Å². The van der Waals surface area contributed by atoms with Gasteiger partial charge in [-0.2, -0.15) is 0 Å². The van der Waals surface area contributed by atoms with Gasteiger partial charge in [0, 0.05) is 18.4 Å². The molecule has 1 amide bonds. The smallest absolute Gasteiger partial charge is 0.438 e. The number of rotatable bonds is 6. The molecule has 4 unspecified atom stereocenters. The summed E-state index contributed by atoms with van der Waals surface area (Å²) in [6, 6.07) is 0. The first-order valence-electron chi connectivity index (χ1n) is 18.9. The summed E-state index contributed by atoms with van der Waals surface area (Å²) < 4.78 is 29.6. The van der Waals surface area contributed by atoms with Crippen molar-refractivity contribution in [1.82, 2.24) is 4.90 Å². The second-order valence-corrected chi connectivity index (χ2v) is 18.3. The van der Waals surface area contributed by atoms with E-state index < -0.39 is 12.3 Å². The van der Waals surface area contributed by atoms with Crippen LogP contribution in [-0.2, 0) is 28.5 Å². The predicted molar refractivity (Wildman–Crippen MR) is 173 cm³/mol. The van der Waals surface area contributed by atoms with Crippen LogP contribution in [0.1, 0.15) is 105 Å². The van der Waals surface area contributed by atoms with Crippen LogP contribution in [0, 0.1) is 56.7 Å². The average molecular weight is 658 g/mol. The maximum atomic E-state index is 12.9. The second-order valence-electron chi connectivity index (χ2n) is 18.3. The third-order valence-corrected chi connectivity index (χ3v) is 16.2. The third kappa shape index (κ3) is 4.60. The molecule has 9 heteroatoms. The van der Waals surface area contributed by atoms with Gasteiger partial charge < -0.3 is 33.7 Å². The van der Waals surface area contributed by atoms with E-state index in [0.29, 0.717) is 55.2 Å². The number of carbonyl (C=O) groups is 2. The van der Waals surface area contributed by atoms with Gasteiger partial charge in [0.05, 0.1) is 44.7 Å². The number of methoxy groups -OCH3 is 1. The lowest BCUT2D eigenvalue weighted by Gasteiger charge is -2.64. The van der Waals surface area contributed by atoms with Gasteiger partial charge in [-0.15, -0.1) is 0 Å². The van der Waals surface area contributed by atoms with Gasteiger partial charge in [-0.3, -0.25) is 4.79 Å². The van der Waals surface area contributed by atoms with Crippen molar-refractivity contribution in [2.75, 3.05) is 33.4 Å². The Morgan fingerprint density at radius 3 is 2.47 bits per heavy atom. The van der Waals surface area contributed by atoms with Crippen molar-refractivity contribution >= 4 is 12.1 Å². The first kappa shape index (κ1) is 32.8. The van der Waals surface area contributed by atoms with Crippen LogP contribution < -0.4 is 0 Å². The molecular weight excluding hydrogens is 598 g/mol. The Morgan fingerprint density at radius 1 is 0.979 bits per heavy atom. The molecule has 2 aliphatic heterocycles. The van der Waals surface area contributed by atoms with Gasteiger partial charge in [-0.25, -0.2) is 4.79 Å². The summed E-state index contributed by atoms with van der Waals surface area (Å²) in [6.45, 7) is 14.0. The van der Waals surface area contributed by atoms with Crippen molar-refractivity contribution in [3.8, 4) is 0 Å². The third-order valence-electron chi connectivity index (χ3n) is 16.2. The number of aliphatic hydroxyl groups excluding tert-OH is 1. The van der Waals surface area contributed by atoms with E-state index in [1.165, 1.54) is 39.2 Å². The molecular formula is C38H59NO8. The van der Waals surface area contributed by atoms with Crippen molar-refractivity contribution in [2.45, 2.75) is 136 Å². The van der Waals surface area contributed by atoms with Crippen LogP contribution in [0.3, 0.4) is 0 Å². The minimum Gasteiger partial charge on any atom is -0.438 e. The number of ether oxygens (including phenoxy) is 5. The maximum Gasteiger partial charge on any atom is 0.508 e. The van der Waals surface area contributed by atoms with Crippen LogP contribution in [0.2, 0.25) is 0 Å². The summed E-state index contributed by atoms with van der Waals surface area (Å²) in [5, 5.41) is 12.4. The molecule has 0 bridgehead atoms. The molecule has 8 rings (SSSR count). The Kier molecular flexibility index (Phi) is 7.70. The van der Waals surface area contributed by atoms with E-state index in [0.717, 1.165) is 32.1 Å². The zero-order valence-electron chi connectivity index (χ0n) is 29.6. The number of fused-ring (bicyclic) bond motifs is 4. The Labute approximate surface area is 281 Å². The Morgan fingerprint density at radius 2 is 1.72 bits per heavy atom. The molecule has 0 aromatic carbocycles. The molecule has 0 aromatic heterocycles. The van der Waals surface area contributed by atoms with Gasteiger partial charge in [0.15, 0.2) is 6.29 Å². The van der Waals surface area contributed by atoms with Crippen molar-refractivity contribution in [1.29, 1.82) is 0 Å². The molecule has 0 aromatic rings. The molecule has 47 heavy (non-hydrogen) atoms. The minimum atomic E-state index is -0.684. The van der Waals surface area contributed by atoms with E-state index in [9.17, 15) is 14.7 Å². The number of morpholine rings is 1. The molecule has 1 N–H and O–H groups in total. The van der Waals surface area contributed by atoms with Crippen LogP contribution in [-0.4, -0.2) is 86.2 Å². The van der Waals surface area contributed by atoms with E-state index in [1.54, 1.807) is 0 Å². The monoisotopic (exact) mass is 657 g/mol. The Hall–Kier alpha value is -1.42. The molecule has 2 spiro atoms. The standard InChI is InChI=1S/C38H59NO8/c1-22-17-24(20-45-33(42)43-6)46-31-30(22)35(4)13-14-38-21-37(38)12-11-27(34(2,3)25(37)9-10-26(38)36(35,5)32(31)41)47-29-19-39(15-16-44-29)28(40)18-23-7-8-23/h22-27,29-32,41H,7-21H2,1-6H3/t22-,24?,25+,26?,27?,29+,30+,31?,32+,35-,36-,37-,38+/m1/s1. The van der Waals surface area contributed by atoms with Gasteiger partial charge >= 0.3 is 6.16 Å². The van der Waals surface area contributed by atoms with E-state index in [4.69, 9.17) is 23.7 Å². The summed E-state index contributed by atoms with van der Waals surface area (Å²) in [5.41, 5.74) is 0.343. The highest BCUT2D eigenvalue weighted by Gasteiger charge is 2.84. The molecule has 2 saturated heterocycles. The molecule has 13 atom stereocenters. The lowest BCUT2D eigenvalue weighted by molar-refractivity contribution is -0.248. The zero-order chi connectivity index (χ0) is 33.1. The first-order chi connectivity index (χ1) is 22.3. The lowest BCUT2D eigenvalue weighted by atomic mass is 9.41. The summed E-state index contributed by atoms with van der Waals surface area (Å²) in [7, 11) is 1.32. The van der Waals surface area contributed by atoms with Crippen molar-refractivity contribution in [3.05, 3.63) is 0 Å². The highest BCUT2D eigenvalue weighted by molar-refractivity contribution is 5.76. The van der Waals surface area contributed by atoms with Crippen LogP contribution in [0.4, 0.5) is 4.79 Å². The number of aliphatic hydroxyl groups is 1. The van der Waals surface area contributed by atoms with Crippen LogP contribution in [0.15, 0.2) is 0 Å². The molecule has 8 fully saturated rings. The lowest BCUT2D eigenvalue weighted by Crippen LogP contribution is -2.60. The highest BCUT2D eigenvalue weighted by atomic mass is 16.7. The molecule has 6 aliphatic carbocycles. The fourth-order valence-corrected chi connectivity index (χ4v) is 13.8. The van der Waals surface area contributed by atoms with Gasteiger partial charge in [0.25, 0.3) is 0 Å². The Bertz CT molecular complexity index is 1270. The van der Waals surface area contributed by atoms with Gasteiger partial charge in [0.1, 0.15) is 6.61 Å². The average Bonchev–Trinajstić information content (AvgIpc) is 3.96. The summed E-state index contributed by atoms with van der Waals surface area (Å²) in [5.74, 6) is 2.55. The molecule has 264 valence electrons. The van der Waals surface area contributed by atoms with Crippen molar-refractivity contribution in [2.24, 2.45) is 56.7 Å². The summed E-state index contributed by atoms with van der Waals surface area (Å²) in [4.78, 5) is 26.6. The number of hydrogen-bond donors (Lipinski definition) is 1.